The third-order valence-electron chi connectivity index (χ3n) is 4.31. The summed E-state index contributed by atoms with van der Waals surface area (Å²) in [5.74, 6) is 0.250. The number of carbonyl (C=O) groups excluding carboxylic acids is 1. The second-order valence-electron chi connectivity index (χ2n) is 5.98. The molecule has 7 heteroatoms. The van der Waals surface area contributed by atoms with E-state index in [-0.39, 0.29) is 11.6 Å². The van der Waals surface area contributed by atoms with Crippen LogP contribution in [-0.2, 0) is 4.79 Å². The Morgan fingerprint density at radius 2 is 1.86 bits per heavy atom. The van der Waals surface area contributed by atoms with Crippen molar-refractivity contribution in [1.29, 1.82) is 0 Å². The molecule has 1 aromatic rings. The van der Waals surface area contributed by atoms with Crippen LogP contribution < -0.4 is 5.32 Å². The van der Waals surface area contributed by atoms with Crippen LogP contribution in [-0.4, -0.2) is 51.5 Å². The minimum Gasteiger partial charge on any atom is -0.476 e. The molecule has 22 heavy (non-hydrogen) atoms. The number of piperidine rings is 1. The number of rotatable bonds is 5. The molecular weight excluding hydrogens is 284 g/mol. The Morgan fingerprint density at radius 3 is 2.50 bits per heavy atom. The molecule has 1 aromatic heterocycles. The maximum Gasteiger partial charge on any atom is 0.358 e. The summed E-state index contributed by atoms with van der Waals surface area (Å²) < 4.78 is 0. The maximum absolute atomic E-state index is 12.0. The van der Waals surface area contributed by atoms with Gasteiger partial charge in [-0.25, -0.2) is 14.8 Å². The molecule has 2 N–H and O–H groups in total. The van der Waals surface area contributed by atoms with E-state index in [1.807, 2.05) is 4.90 Å². The van der Waals surface area contributed by atoms with E-state index in [2.05, 4.69) is 15.3 Å². The topological polar surface area (TPSA) is 95.4 Å². The number of aromatic nitrogens is 2. The van der Waals surface area contributed by atoms with E-state index in [0.717, 1.165) is 38.8 Å². The van der Waals surface area contributed by atoms with Gasteiger partial charge in [-0.2, -0.15) is 0 Å². The maximum atomic E-state index is 12.0. The number of amides is 1. The van der Waals surface area contributed by atoms with Crippen molar-refractivity contribution in [3.8, 4) is 0 Å². The molecule has 1 aliphatic heterocycles. The number of hydrogen-bond acceptors (Lipinski definition) is 5. The van der Waals surface area contributed by atoms with Gasteiger partial charge in [0.25, 0.3) is 0 Å². The summed E-state index contributed by atoms with van der Waals surface area (Å²) in [4.78, 5) is 32.9. The van der Waals surface area contributed by atoms with Gasteiger partial charge in [-0.1, -0.05) is 0 Å². The van der Waals surface area contributed by atoms with E-state index >= 15 is 0 Å². The summed E-state index contributed by atoms with van der Waals surface area (Å²) in [7, 11) is 0. The van der Waals surface area contributed by atoms with Gasteiger partial charge in [0.1, 0.15) is 0 Å². The monoisotopic (exact) mass is 304 g/mol. The molecule has 1 saturated carbocycles. The van der Waals surface area contributed by atoms with E-state index in [0.29, 0.717) is 24.2 Å². The summed E-state index contributed by atoms with van der Waals surface area (Å²) in [5.41, 5.74) is -0.0520. The third kappa shape index (κ3) is 3.35. The molecule has 1 amide bonds. The normalized spacial score (nSPS) is 19.0. The summed E-state index contributed by atoms with van der Waals surface area (Å²) >= 11 is 0. The van der Waals surface area contributed by atoms with Crippen molar-refractivity contribution >= 4 is 17.7 Å². The molecule has 0 bridgehead atoms. The van der Waals surface area contributed by atoms with Gasteiger partial charge in [-0.15, -0.1) is 0 Å². The van der Waals surface area contributed by atoms with Crippen molar-refractivity contribution in [2.45, 2.75) is 25.7 Å². The fraction of sp³-hybridized carbons (Fsp3) is 0.600. The highest BCUT2D eigenvalue weighted by molar-refractivity contribution is 5.90. The third-order valence-corrected chi connectivity index (χ3v) is 4.31. The van der Waals surface area contributed by atoms with Gasteiger partial charge in [0.15, 0.2) is 11.5 Å². The number of nitrogens with zero attached hydrogens (tertiary/aromatic N) is 3. The minimum absolute atomic E-state index is 0.0520. The zero-order chi connectivity index (χ0) is 15.5. The lowest BCUT2D eigenvalue weighted by atomic mass is 9.96. The SMILES string of the molecule is O=C(O)c1nccnc1NCC1CCN(C(=O)C2CC2)CC1. The number of hydrogen-bond donors (Lipinski definition) is 2. The fourth-order valence-electron chi connectivity index (χ4n) is 2.81. The molecule has 0 spiro atoms. The van der Waals surface area contributed by atoms with Crippen molar-refractivity contribution in [3.05, 3.63) is 18.1 Å². The van der Waals surface area contributed by atoms with Gasteiger partial charge < -0.3 is 15.3 Å². The summed E-state index contributed by atoms with van der Waals surface area (Å²) in [6.07, 6.45) is 6.82. The van der Waals surface area contributed by atoms with Crippen molar-refractivity contribution in [3.63, 3.8) is 0 Å². The highest BCUT2D eigenvalue weighted by Crippen LogP contribution is 2.32. The fourth-order valence-corrected chi connectivity index (χ4v) is 2.81. The van der Waals surface area contributed by atoms with E-state index in [4.69, 9.17) is 5.11 Å². The standard InChI is InChI=1S/C15H20N4O3/c20-14(11-1-2-11)19-7-3-10(4-8-19)9-18-13-12(15(21)22)16-5-6-17-13/h5-6,10-11H,1-4,7-9H2,(H,17,18)(H,21,22). The Morgan fingerprint density at radius 1 is 1.18 bits per heavy atom. The Labute approximate surface area is 128 Å². The number of anilines is 1. The molecule has 2 fully saturated rings. The number of nitrogens with one attached hydrogen (secondary N) is 1. The van der Waals surface area contributed by atoms with E-state index in [1.165, 1.54) is 12.4 Å². The van der Waals surface area contributed by atoms with Crippen LogP contribution in [0.4, 0.5) is 5.82 Å². The van der Waals surface area contributed by atoms with Gasteiger partial charge in [0.2, 0.25) is 5.91 Å². The zero-order valence-electron chi connectivity index (χ0n) is 12.4. The first-order valence-electron chi connectivity index (χ1n) is 7.72. The van der Waals surface area contributed by atoms with Gasteiger partial charge in [0.05, 0.1) is 0 Å². The molecule has 1 aliphatic carbocycles. The average molecular weight is 304 g/mol. The molecule has 118 valence electrons. The zero-order valence-corrected chi connectivity index (χ0v) is 12.4. The van der Waals surface area contributed by atoms with Crippen LogP contribution in [0.1, 0.15) is 36.2 Å². The summed E-state index contributed by atoms with van der Waals surface area (Å²) in [6.45, 7) is 2.26. The molecule has 7 nitrogen and oxygen atoms in total. The summed E-state index contributed by atoms with van der Waals surface area (Å²) in [6, 6.07) is 0. The highest BCUT2D eigenvalue weighted by atomic mass is 16.4. The van der Waals surface area contributed by atoms with Crippen molar-refractivity contribution < 1.29 is 14.7 Å². The molecule has 0 unspecified atom stereocenters. The molecule has 2 aliphatic rings. The lowest BCUT2D eigenvalue weighted by molar-refractivity contribution is -0.133. The van der Waals surface area contributed by atoms with Crippen LogP contribution in [0.15, 0.2) is 12.4 Å². The minimum atomic E-state index is -1.08. The molecule has 3 rings (SSSR count). The Bertz CT molecular complexity index is 566. The first kappa shape index (κ1) is 14.7. The smallest absolute Gasteiger partial charge is 0.358 e. The Hall–Kier alpha value is -2.18. The first-order valence-corrected chi connectivity index (χ1v) is 7.72. The average Bonchev–Trinajstić information content (AvgIpc) is 3.38. The lowest BCUT2D eigenvalue weighted by Gasteiger charge is -2.32. The molecule has 1 saturated heterocycles. The summed E-state index contributed by atoms with van der Waals surface area (Å²) in [5, 5.41) is 12.2. The Balaban J connectivity index is 1.49. The van der Waals surface area contributed by atoms with E-state index in [9.17, 15) is 9.59 Å². The number of carboxylic acid groups (broad SMARTS) is 1. The largest absolute Gasteiger partial charge is 0.476 e. The molecular formula is C15H20N4O3. The van der Waals surface area contributed by atoms with Crippen LogP contribution in [0.5, 0.6) is 0 Å². The second-order valence-corrected chi connectivity index (χ2v) is 5.98. The lowest BCUT2D eigenvalue weighted by Crippen LogP contribution is -2.40. The quantitative estimate of drug-likeness (QED) is 0.849. The van der Waals surface area contributed by atoms with Gasteiger partial charge >= 0.3 is 5.97 Å². The molecule has 0 radical (unpaired) electrons. The number of carboxylic acids is 1. The predicted octanol–water partition coefficient (Wildman–Crippen LogP) is 1.24. The van der Waals surface area contributed by atoms with Crippen molar-refractivity contribution in [2.75, 3.05) is 25.0 Å². The van der Waals surface area contributed by atoms with Crippen LogP contribution >= 0.6 is 0 Å². The van der Waals surface area contributed by atoms with Crippen LogP contribution in [0, 0.1) is 11.8 Å². The molecule has 0 atom stereocenters. The predicted molar refractivity (Wildman–Crippen MR) is 79.5 cm³/mol. The van der Waals surface area contributed by atoms with Crippen molar-refractivity contribution in [1.82, 2.24) is 14.9 Å². The Kier molecular flexibility index (Phi) is 4.22. The van der Waals surface area contributed by atoms with Crippen LogP contribution in [0.2, 0.25) is 0 Å². The molecule has 2 heterocycles. The van der Waals surface area contributed by atoms with Crippen LogP contribution in [0.3, 0.4) is 0 Å². The van der Waals surface area contributed by atoms with Crippen molar-refractivity contribution in [2.24, 2.45) is 11.8 Å². The van der Waals surface area contributed by atoms with Gasteiger partial charge in [0, 0.05) is 37.9 Å². The van der Waals surface area contributed by atoms with Gasteiger partial charge in [-0.05, 0) is 31.6 Å². The molecule has 0 aromatic carbocycles. The van der Waals surface area contributed by atoms with E-state index in [1.54, 1.807) is 0 Å². The highest BCUT2D eigenvalue weighted by Gasteiger charge is 2.34. The van der Waals surface area contributed by atoms with Gasteiger partial charge in [-0.3, -0.25) is 4.79 Å². The van der Waals surface area contributed by atoms with E-state index < -0.39 is 5.97 Å². The van der Waals surface area contributed by atoms with Crippen LogP contribution in [0.25, 0.3) is 0 Å². The number of aromatic carboxylic acids is 1. The second kappa shape index (κ2) is 6.29. The number of carbonyl (C=O) groups is 2. The number of likely N-dealkylation sites (tertiary alicyclic amines) is 1. The first-order chi connectivity index (χ1) is 10.6.